The highest BCUT2D eigenvalue weighted by Crippen LogP contribution is 2.42. The summed E-state index contributed by atoms with van der Waals surface area (Å²) in [5, 5.41) is 3.71. The quantitative estimate of drug-likeness (QED) is 0.858. The smallest absolute Gasteiger partial charge is 0.0107 e. The topological polar surface area (TPSA) is 12.0 Å². The molecule has 0 bridgehead atoms. The van der Waals surface area contributed by atoms with Gasteiger partial charge in [0.15, 0.2) is 0 Å². The molecular formula is C16H23NS. The van der Waals surface area contributed by atoms with E-state index in [1.54, 1.807) is 5.56 Å². The molecule has 2 heteroatoms. The highest BCUT2D eigenvalue weighted by atomic mass is 32.2. The van der Waals surface area contributed by atoms with Crippen molar-refractivity contribution in [1.29, 1.82) is 0 Å². The summed E-state index contributed by atoms with van der Waals surface area (Å²) in [6, 6.07) is 9.78. The highest BCUT2D eigenvalue weighted by Gasteiger charge is 2.25. The summed E-state index contributed by atoms with van der Waals surface area (Å²) in [6.45, 7) is 3.60. The Balaban J connectivity index is 1.50. The highest BCUT2D eigenvalue weighted by molar-refractivity contribution is 7.99. The lowest BCUT2D eigenvalue weighted by atomic mass is 9.89. The number of thioether (sulfide) groups is 1. The average Bonchev–Trinajstić information content (AvgIpc) is 2.71. The Kier molecular flexibility index (Phi) is 3.95. The average molecular weight is 261 g/mol. The molecule has 0 aromatic heterocycles. The van der Waals surface area contributed by atoms with E-state index in [9.17, 15) is 0 Å². The number of hydrogen-bond acceptors (Lipinski definition) is 2. The van der Waals surface area contributed by atoms with Crippen LogP contribution in [0.5, 0.6) is 0 Å². The van der Waals surface area contributed by atoms with Crippen LogP contribution in [0.3, 0.4) is 0 Å². The van der Waals surface area contributed by atoms with Gasteiger partial charge in [0, 0.05) is 16.7 Å². The molecule has 0 amide bonds. The van der Waals surface area contributed by atoms with E-state index < -0.39 is 0 Å². The Morgan fingerprint density at radius 2 is 2.17 bits per heavy atom. The molecule has 0 radical (unpaired) electrons. The minimum absolute atomic E-state index is 0.782. The lowest BCUT2D eigenvalue weighted by Gasteiger charge is -2.28. The first-order valence-electron chi connectivity index (χ1n) is 7.28. The lowest BCUT2D eigenvalue weighted by Crippen LogP contribution is -2.37. The van der Waals surface area contributed by atoms with Gasteiger partial charge in [0.1, 0.15) is 0 Å². The second-order valence-electron chi connectivity index (χ2n) is 5.92. The van der Waals surface area contributed by atoms with Crippen LogP contribution in [0.2, 0.25) is 0 Å². The molecule has 1 aromatic carbocycles. The summed E-state index contributed by atoms with van der Waals surface area (Å²) >= 11 is 2.04. The van der Waals surface area contributed by atoms with Crippen molar-refractivity contribution in [1.82, 2.24) is 5.32 Å². The van der Waals surface area contributed by atoms with Crippen molar-refractivity contribution in [2.24, 2.45) is 5.92 Å². The number of benzene rings is 1. The first-order chi connectivity index (χ1) is 8.83. The van der Waals surface area contributed by atoms with Gasteiger partial charge in [-0.3, -0.25) is 0 Å². The van der Waals surface area contributed by atoms with E-state index in [0.29, 0.717) is 0 Å². The number of rotatable bonds is 5. The number of fused-ring (bicyclic) bond motifs is 1. The third-order valence-corrected chi connectivity index (χ3v) is 5.60. The van der Waals surface area contributed by atoms with Crippen LogP contribution in [0.15, 0.2) is 29.2 Å². The first-order valence-corrected chi connectivity index (χ1v) is 8.26. The number of nitrogens with one attached hydrogen (secondary N) is 1. The fourth-order valence-electron chi connectivity index (χ4n) is 2.97. The molecule has 1 aliphatic carbocycles. The summed E-state index contributed by atoms with van der Waals surface area (Å²) < 4.78 is 0. The van der Waals surface area contributed by atoms with Gasteiger partial charge in [-0.05, 0) is 49.3 Å². The predicted molar refractivity (Wildman–Crippen MR) is 79.3 cm³/mol. The fourth-order valence-corrected chi connectivity index (χ4v) is 4.25. The van der Waals surface area contributed by atoms with E-state index >= 15 is 0 Å². The van der Waals surface area contributed by atoms with Crippen molar-refractivity contribution in [3.63, 3.8) is 0 Å². The minimum atomic E-state index is 0.782. The molecule has 98 valence electrons. The van der Waals surface area contributed by atoms with Crippen LogP contribution in [0.1, 0.15) is 44.1 Å². The van der Waals surface area contributed by atoms with E-state index in [1.807, 2.05) is 11.8 Å². The second kappa shape index (κ2) is 5.66. The molecule has 2 unspecified atom stereocenters. The third kappa shape index (κ3) is 2.75. The standard InChI is InChI=1S/C16H23NS/c1-12(10-17-14-5-4-6-14)9-13-11-18-16-8-3-2-7-15(13)16/h2-3,7-8,12-14,17H,4-6,9-11H2,1H3. The Hall–Kier alpha value is -0.470. The van der Waals surface area contributed by atoms with Crippen molar-refractivity contribution in [3.8, 4) is 0 Å². The van der Waals surface area contributed by atoms with Gasteiger partial charge in [-0.1, -0.05) is 31.5 Å². The molecule has 0 saturated heterocycles. The van der Waals surface area contributed by atoms with E-state index in [1.165, 1.54) is 42.9 Å². The van der Waals surface area contributed by atoms with Crippen molar-refractivity contribution in [2.45, 2.75) is 49.5 Å². The van der Waals surface area contributed by atoms with Crippen LogP contribution in [-0.2, 0) is 0 Å². The monoisotopic (exact) mass is 261 g/mol. The predicted octanol–water partition coefficient (Wildman–Crippen LogP) is 4.04. The summed E-state index contributed by atoms with van der Waals surface area (Å²) in [5.74, 6) is 2.86. The molecule has 1 aromatic rings. The molecule has 2 atom stereocenters. The van der Waals surface area contributed by atoms with Gasteiger partial charge in [0.2, 0.25) is 0 Å². The molecule has 2 aliphatic rings. The minimum Gasteiger partial charge on any atom is -0.314 e. The van der Waals surface area contributed by atoms with E-state index in [2.05, 4.69) is 36.5 Å². The van der Waals surface area contributed by atoms with Crippen molar-refractivity contribution in [2.75, 3.05) is 12.3 Å². The molecule has 1 nitrogen and oxygen atoms in total. The van der Waals surface area contributed by atoms with Gasteiger partial charge in [-0.15, -0.1) is 11.8 Å². The molecule has 1 saturated carbocycles. The van der Waals surface area contributed by atoms with E-state index in [4.69, 9.17) is 0 Å². The molecule has 0 spiro atoms. The van der Waals surface area contributed by atoms with Crippen LogP contribution in [0.4, 0.5) is 0 Å². The maximum absolute atomic E-state index is 3.71. The van der Waals surface area contributed by atoms with Gasteiger partial charge < -0.3 is 5.32 Å². The Bertz CT molecular complexity index is 400. The third-order valence-electron chi connectivity index (χ3n) is 4.35. The fraction of sp³-hybridized carbons (Fsp3) is 0.625. The maximum Gasteiger partial charge on any atom is 0.0107 e. The van der Waals surface area contributed by atoms with Gasteiger partial charge in [0.25, 0.3) is 0 Å². The summed E-state index contributed by atoms with van der Waals surface area (Å²) in [4.78, 5) is 1.52. The normalized spacial score (nSPS) is 24.6. The SMILES string of the molecule is CC(CNC1CCC1)CC1CSc2ccccc21. The summed E-state index contributed by atoms with van der Waals surface area (Å²) in [7, 11) is 0. The molecule has 1 aliphatic heterocycles. The molecule has 18 heavy (non-hydrogen) atoms. The molecule has 1 heterocycles. The first kappa shape index (κ1) is 12.6. The Labute approximate surface area is 115 Å². The maximum atomic E-state index is 3.71. The lowest BCUT2D eigenvalue weighted by molar-refractivity contribution is 0.313. The molecule has 1 N–H and O–H groups in total. The van der Waals surface area contributed by atoms with Crippen LogP contribution in [0.25, 0.3) is 0 Å². The second-order valence-corrected chi connectivity index (χ2v) is 6.98. The van der Waals surface area contributed by atoms with Gasteiger partial charge in [0.05, 0.1) is 0 Å². The van der Waals surface area contributed by atoms with Gasteiger partial charge >= 0.3 is 0 Å². The van der Waals surface area contributed by atoms with Gasteiger partial charge in [-0.25, -0.2) is 0 Å². The van der Waals surface area contributed by atoms with E-state index in [-0.39, 0.29) is 0 Å². The van der Waals surface area contributed by atoms with Crippen molar-refractivity contribution in [3.05, 3.63) is 29.8 Å². The molecule has 1 fully saturated rings. The Morgan fingerprint density at radius 1 is 1.33 bits per heavy atom. The summed E-state index contributed by atoms with van der Waals surface area (Å²) in [5.41, 5.74) is 1.60. The van der Waals surface area contributed by atoms with Crippen LogP contribution < -0.4 is 5.32 Å². The largest absolute Gasteiger partial charge is 0.314 e. The van der Waals surface area contributed by atoms with E-state index in [0.717, 1.165) is 17.9 Å². The molecular weight excluding hydrogens is 238 g/mol. The molecule has 3 rings (SSSR count). The van der Waals surface area contributed by atoms with Crippen LogP contribution in [-0.4, -0.2) is 18.3 Å². The zero-order valence-electron chi connectivity index (χ0n) is 11.2. The van der Waals surface area contributed by atoms with Crippen molar-refractivity contribution < 1.29 is 0 Å². The Morgan fingerprint density at radius 3 is 2.94 bits per heavy atom. The summed E-state index contributed by atoms with van der Waals surface area (Å²) in [6.07, 6.45) is 5.56. The van der Waals surface area contributed by atoms with Crippen LogP contribution in [0, 0.1) is 5.92 Å². The van der Waals surface area contributed by atoms with Crippen molar-refractivity contribution >= 4 is 11.8 Å². The zero-order valence-corrected chi connectivity index (χ0v) is 12.0. The van der Waals surface area contributed by atoms with Gasteiger partial charge in [-0.2, -0.15) is 0 Å². The zero-order chi connectivity index (χ0) is 12.4. The number of hydrogen-bond donors (Lipinski definition) is 1. The van der Waals surface area contributed by atoms with Crippen LogP contribution >= 0.6 is 11.8 Å².